The van der Waals surface area contributed by atoms with E-state index < -0.39 is 84.3 Å². The van der Waals surface area contributed by atoms with Gasteiger partial charge in [0.05, 0.1) is 13.2 Å². The Balaban J connectivity index is 1.15. The van der Waals surface area contributed by atoms with E-state index in [0.717, 1.165) is 0 Å². The summed E-state index contributed by atoms with van der Waals surface area (Å²) in [6.45, 7) is 5.95. The number of rotatable bonds is 4. The molecule has 10 rings (SSSR count). The van der Waals surface area contributed by atoms with Crippen LogP contribution in [0.3, 0.4) is 0 Å². The number of halogens is 6. The van der Waals surface area contributed by atoms with Gasteiger partial charge in [-0.25, -0.2) is 19.6 Å². The Kier molecular flexibility index (Phi) is 7.25. The topological polar surface area (TPSA) is 83.1 Å². The Morgan fingerprint density at radius 1 is 0.617 bits per heavy atom. The molecule has 6 saturated heterocycles. The van der Waals surface area contributed by atoms with Crippen molar-refractivity contribution in [2.24, 2.45) is 35.5 Å². The van der Waals surface area contributed by atoms with Crippen LogP contribution in [0, 0.1) is 35.5 Å². The van der Waals surface area contributed by atoms with E-state index in [2.05, 4.69) is 0 Å². The Hall–Kier alpha value is -1.62. The first-order chi connectivity index (χ1) is 22.0. The molecule has 10 aliphatic rings. The van der Waals surface area contributed by atoms with E-state index in [1.807, 2.05) is 13.8 Å². The van der Waals surface area contributed by atoms with Gasteiger partial charge in [-0.15, -0.1) is 0 Å². The first kappa shape index (κ1) is 32.6. The van der Waals surface area contributed by atoms with E-state index in [0.29, 0.717) is 51.4 Å². The third-order valence-electron chi connectivity index (χ3n) is 12.3. The highest BCUT2D eigenvalue weighted by atomic mass is 19.4. The fourth-order valence-corrected chi connectivity index (χ4v) is 10.1. The molecule has 2 unspecified atom stereocenters. The molecule has 8 aliphatic heterocycles. The van der Waals surface area contributed by atoms with Gasteiger partial charge >= 0.3 is 12.4 Å². The average Bonchev–Trinajstić information content (AvgIpc) is 3.36. The molecule has 0 aromatic rings. The summed E-state index contributed by atoms with van der Waals surface area (Å²) < 4.78 is 117. The Bertz CT molecular complexity index is 1270. The highest BCUT2D eigenvalue weighted by Gasteiger charge is 2.72. The predicted molar refractivity (Wildman–Crippen MR) is 145 cm³/mol. The van der Waals surface area contributed by atoms with E-state index >= 15 is 0 Å². The minimum absolute atomic E-state index is 0.0775. The lowest BCUT2D eigenvalue weighted by Gasteiger charge is -2.57. The van der Waals surface area contributed by atoms with Crippen LogP contribution in [0.15, 0.2) is 22.7 Å². The SMILES string of the molecule is C[C@@H]1CC[C@H]2C(COCC3=C(C(F)(F)F)O[C@@H]4OC5(C)CC[C@H]6[C@H](C)CC[C@@H]3[C@@]46OO5)=C(C(F)(F)F)O[C@@H]3OC4(C)CC[C@@H]1[C@]32OO4. The molecule has 2 aliphatic carbocycles. The van der Waals surface area contributed by atoms with Crippen molar-refractivity contribution >= 4 is 0 Å². The summed E-state index contributed by atoms with van der Waals surface area (Å²) in [5.41, 5.74) is -3.21. The number of hydrogen-bond donors (Lipinski definition) is 0. The number of allylic oxidation sites excluding steroid dienone is 2. The van der Waals surface area contributed by atoms with Gasteiger partial charge in [0.2, 0.25) is 35.7 Å². The van der Waals surface area contributed by atoms with Crippen LogP contribution in [0.25, 0.3) is 0 Å². The lowest BCUT2D eigenvalue weighted by atomic mass is 9.59. The summed E-state index contributed by atoms with van der Waals surface area (Å²) in [6, 6.07) is 0. The third kappa shape index (κ3) is 4.69. The molecule has 0 radical (unpaired) electrons. The second kappa shape index (κ2) is 10.5. The molecule has 8 fully saturated rings. The van der Waals surface area contributed by atoms with Crippen molar-refractivity contribution in [3.05, 3.63) is 22.7 Å². The molecule has 12 atom stereocenters. The molecule has 0 amide bonds. The van der Waals surface area contributed by atoms with Gasteiger partial charge in [-0.2, -0.15) is 26.3 Å². The third-order valence-corrected chi connectivity index (χ3v) is 12.3. The predicted octanol–water partition coefficient (Wildman–Crippen LogP) is 7.13. The fraction of sp³-hybridized carbons (Fsp3) is 0.875. The molecule has 0 N–H and O–H groups in total. The fourth-order valence-electron chi connectivity index (χ4n) is 10.1. The molecule has 8 heterocycles. The lowest BCUT2D eigenvalue weighted by molar-refractivity contribution is -0.558. The zero-order valence-electron chi connectivity index (χ0n) is 26.6. The van der Waals surface area contributed by atoms with Crippen molar-refractivity contribution in [2.75, 3.05) is 13.2 Å². The first-order valence-corrected chi connectivity index (χ1v) is 16.6. The molecule has 9 nitrogen and oxygen atoms in total. The number of fused-ring (bicyclic) bond motifs is 4. The van der Waals surface area contributed by atoms with E-state index in [-0.39, 0.29) is 34.8 Å². The first-order valence-electron chi connectivity index (χ1n) is 16.6. The van der Waals surface area contributed by atoms with Gasteiger partial charge < -0.3 is 23.7 Å². The highest BCUT2D eigenvalue weighted by Crippen LogP contribution is 2.63. The summed E-state index contributed by atoms with van der Waals surface area (Å²) in [5.74, 6) is -7.15. The van der Waals surface area contributed by atoms with E-state index in [4.69, 9.17) is 43.2 Å². The number of alkyl halides is 6. The molecular weight excluding hydrogens is 642 g/mol. The summed E-state index contributed by atoms with van der Waals surface area (Å²) in [5, 5.41) is 0. The summed E-state index contributed by atoms with van der Waals surface area (Å²) >= 11 is 0. The summed E-state index contributed by atoms with van der Waals surface area (Å²) in [7, 11) is 0. The molecular formula is C32H40F6O9. The van der Waals surface area contributed by atoms with Gasteiger partial charge in [0.25, 0.3) is 0 Å². The van der Waals surface area contributed by atoms with Gasteiger partial charge in [0.1, 0.15) is 0 Å². The smallest absolute Gasteiger partial charge is 0.449 e. The standard InChI is InChI=1S/C32H40F6O9/c1-15-5-7-21-17(23(31(33,34)35)40-25-29(21)19(15)9-11-27(3,42-25)44-46-29)13-39-14-18-22-8-6-16(2)20-10-12-28(4)43-26(30(20,22)47-45-28)41-24(18)32(36,37)38/h15-16,19-22,25-26H,5-14H2,1-4H3/t15-,16-,19+,20+,21+,22+,25-,26-,27?,28?,29-,30-/m1/s1. The van der Waals surface area contributed by atoms with Crippen LogP contribution in [-0.4, -0.2) is 60.9 Å². The van der Waals surface area contributed by atoms with Crippen LogP contribution in [0.4, 0.5) is 26.3 Å². The lowest BCUT2D eigenvalue weighted by Crippen LogP contribution is -2.67. The quantitative estimate of drug-likeness (QED) is 0.227. The van der Waals surface area contributed by atoms with Crippen molar-refractivity contribution in [2.45, 2.75) is 127 Å². The zero-order valence-corrected chi connectivity index (χ0v) is 26.6. The van der Waals surface area contributed by atoms with Crippen LogP contribution in [0.1, 0.15) is 79.1 Å². The maximum Gasteiger partial charge on any atom is 0.449 e. The van der Waals surface area contributed by atoms with Crippen LogP contribution in [-0.2, 0) is 43.2 Å². The maximum atomic E-state index is 14.7. The largest absolute Gasteiger partial charge is 0.456 e. The van der Waals surface area contributed by atoms with Crippen LogP contribution in [0.2, 0.25) is 0 Å². The van der Waals surface area contributed by atoms with Crippen LogP contribution in [0.5, 0.6) is 0 Å². The Labute approximate surface area is 268 Å². The highest BCUT2D eigenvalue weighted by molar-refractivity contribution is 5.31. The van der Waals surface area contributed by atoms with Crippen LogP contribution >= 0.6 is 0 Å². The second-order valence-corrected chi connectivity index (χ2v) is 15.1. The zero-order chi connectivity index (χ0) is 33.4. The van der Waals surface area contributed by atoms with Crippen molar-refractivity contribution in [1.82, 2.24) is 0 Å². The summed E-state index contributed by atoms with van der Waals surface area (Å²) in [4.78, 5) is 23.4. The van der Waals surface area contributed by atoms with Crippen molar-refractivity contribution < 1.29 is 69.6 Å². The molecule has 0 aromatic carbocycles. The monoisotopic (exact) mass is 682 g/mol. The maximum absolute atomic E-state index is 14.7. The van der Waals surface area contributed by atoms with Crippen molar-refractivity contribution in [3.63, 3.8) is 0 Å². The molecule has 0 aromatic heterocycles. The number of ether oxygens (including phenoxy) is 5. The molecule has 47 heavy (non-hydrogen) atoms. The Morgan fingerprint density at radius 3 is 1.40 bits per heavy atom. The van der Waals surface area contributed by atoms with Crippen molar-refractivity contribution in [3.8, 4) is 0 Å². The van der Waals surface area contributed by atoms with Gasteiger partial charge in [-0.1, -0.05) is 13.8 Å². The average molecular weight is 683 g/mol. The van der Waals surface area contributed by atoms with Gasteiger partial charge in [0.15, 0.2) is 11.2 Å². The number of hydrogen-bond acceptors (Lipinski definition) is 9. The molecule has 264 valence electrons. The van der Waals surface area contributed by atoms with E-state index in [1.165, 1.54) is 0 Å². The molecule has 4 bridgehead atoms. The molecule has 2 saturated carbocycles. The van der Waals surface area contributed by atoms with Gasteiger partial charge in [0, 0.05) is 47.7 Å². The van der Waals surface area contributed by atoms with Gasteiger partial charge in [-0.05, 0) is 64.2 Å². The normalized spacial score (nSPS) is 49.1. The molecule has 15 heteroatoms. The second-order valence-electron chi connectivity index (χ2n) is 15.1. The van der Waals surface area contributed by atoms with E-state index in [1.54, 1.807) is 13.8 Å². The van der Waals surface area contributed by atoms with Gasteiger partial charge in [-0.3, -0.25) is 0 Å². The molecule has 2 spiro atoms. The Morgan fingerprint density at radius 2 is 1.02 bits per heavy atom. The summed E-state index contributed by atoms with van der Waals surface area (Å²) in [6.07, 6.45) is -8.83. The minimum Gasteiger partial charge on any atom is -0.456 e. The minimum atomic E-state index is -4.92. The van der Waals surface area contributed by atoms with Crippen LogP contribution < -0.4 is 0 Å². The van der Waals surface area contributed by atoms with Crippen molar-refractivity contribution in [1.29, 1.82) is 0 Å². The van der Waals surface area contributed by atoms with E-state index in [9.17, 15) is 26.3 Å².